The van der Waals surface area contributed by atoms with Gasteiger partial charge in [0.2, 0.25) is 5.82 Å². The second-order valence-corrected chi connectivity index (χ2v) is 6.46. The summed E-state index contributed by atoms with van der Waals surface area (Å²) in [5.41, 5.74) is 3.59. The lowest BCUT2D eigenvalue weighted by atomic mass is 10.1. The first kappa shape index (κ1) is 18.5. The molecule has 3 heterocycles. The predicted molar refractivity (Wildman–Crippen MR) is 103 cm³/mol. The molecule has 3 aromatic rings. The summed E-state index contributed by atoms with van der Waals surface area (Å²) < 4.78 is 4.68. The monoisotopic (exact) mass is 390 g/mol. The number of aromatic nitrogens is 4. The summed E-state index contributed by atoms with van der Waals surface area (Å²) in [5.74, 6) is -0.135. The number of nitrogens with one attached hydrogen (secondary N) is 1. The van der Waals surface area contributed by atoms with Crippen molar-refractivity contribution in [2.24, 2.45) is 0 Å². The van der Waals surface area contributed by atoms with Crippen molar-refractivity contribution in [3.05, 3.63) is 77.3 Å². The van der Waals surface area contributed by atoms with Gasteiger partial charge in [0.25, 0.3) is 5.91 Å². The van der Waals surface area contributed by atoms with Crippen LogP contribution >= 0.6 is 0 Å². The average molecular weight is 390 g/mol. The molecule has 2 aromatic heterocycles. The number of esters is 1. The molecule has 0 saturated heterocycles. The Bertz CT molecular complexity index is 1060. The minimum atomic E-state index is -0.565. The number of rotatable bonds is 5. The summed E-state index contributed by atoms with van der Waals surface area (Å²) in [5, 5.41) is 2.85. The van der Waals surface area contributed by atoms with Crippen LogP contribution in [0.1, 0.15) is 37.8 Å². The number of hydrogen-bond donors (Lipinski definition) is 1. The summed E-state index contributed by atoms with van der Waals surface area (Å²) >= 11 is 0. The Morgan fingerprint density at radius 1 is 1.10 bits per heavy atom. The van der Waals surface area contributed by atoms with E-state index in [9.17, 15) is 9.59 Å². The third kappa shape index (κ3) is 4.03. The van der Waals surface area contributed by atoms with Crippen LogP contribution in [-0.4, -0.2) is 38.9 Å². The Morgan fingerprint density at radius 3 is 2.76 bits per heavy atom. The van der Waals surface area contributed by atoms with E-state index >= 15 is 0 Å². The Kier molecular flexibility index (Phi) is 5.10. The maximum Gasteiger partial charge on any atom is 0.376 e. The van der Waals surface area contributed by atoms with Crippen molar-refractivity contribution in [3.8, 4) is 0 Å². The van der Waals surface area contributed by atoms with Crippen molar-refractivity contribution in [2.45, 2.75) is 19.6 Å². The molecule has 0 unspecified atom stereocenters. The zero-order chi connectivity index (χ0) is 20.2. The van der Waals surface area contributed by atoms with E-state index in [2.05, 4.69) is 41.0 Å². The second kappa shape index (κ2) is 8.01. The zero-order valence-electron chi connectivity index (χ0n) is 15.7. The van der Waals surface area contributed by atoms with Gasteiger partial charge in [-0.3, -0.25) is 9.78 Å². The number of fused-ring (bicyclic) bond motifs is 1. The molecule has 29 heavy (non-hydrogen) atoms. The molecule has 146 valence electrons. The van der Waals surface area contributed by atoms with E-state index in [0.717, 1.165) is 11.1 Å². The number of nitrogens with zero attached hydrogens (tertiary/aromatic N) is 5. The molecule has 0 fully saturated rings. The van der Waals surface area contributed by atoms with Crippen LogP contribution in [0.15, 0.2) is 49.1 Å². The van der Waals surface area contributed by atoms with Gasteiger partial charge in [-0.05, 0) is 22.8 Å². The van der Waals surface area contributed by atoms with Crippen LogP contribution < -0.4 is 10.2 Å². The van der Waals surface area contributed by atoms with E-state index in [1.807, 2.05) is 12.1 Å². The molecule has 1 aromatic carbocycles. The van der Waals surface area contributed by atoms with Crippen LogP contribution in [0.3, 0.4) is 0 Å². The number of ether oxygens (including phenoxy) is 1. The lowest BCUT2D eigenvalue weighted by Crippen LogP contribution is -2.23. The zero-order valence-corrected chi connectivity index (χ0v) is 15.7. The standard InChI is InChI=1S/C20H18N6O3/c1-29-20(28)18-23-5-4-17(25-18)26-11-14-3-2-13(8-15(14)12-26)9-24-19(27)16-10-21-6-7-22-16/h2-8,10H,9,11-12H2,1H3,(H,24,27). The number of carbonyl (C=O) groups excluding carboxylic acids is 2. The lowest BCUT2D eigenvalue weighted by molar-refractivity contribution is 0.0586. The Hall–Kier alpha value is -3.88. The highest BCUT2D eigenvalue weighted by molar-refractivity contribution is 5.91. The maximum atomic E-state index is 12.1. The smallest absolute Gasteiger partial charge is 0.376 e. The van der Waals surface area contributed by atoms with E-state index in [4.69, 9.17) is 0 Å². The number of carbonyl (C=O) groups is 2. The van der Waals surface area contributed by atoms with Crippen molar-refractivity contribution in [1.29, 1.82) is 0 Å². The van der Waals surface area contributed by atoms with Crippen molar-refractivity contribution in [2.75, 3.05) is 12.0 Å². The Labute approximate surface area is 166 Å². The number of anilines is 1. The van der Waals surface area contributed by atoms with Crippen LogP contribution in [0, 0.1) is 0 Å². The maximum absolute atomic E-state index is 12.1. The molecule has 0 atom stereocenters. The molecule has 1 amide bonds. The fourth-order valence-electron chi connectivity index (χ4n) is 3.12. The first-order valence-electron chi connectivity index (χ1n) is 8.95. The second-order valence-electron chi connectivity index (χ2n) is 6.46. The largest absolute Gasteiger partial charge is 0.463 e. The summed E-state index contributed by atoms with van der Waals surface area (Å²) in [6.45, 7) is 1.72. The van der Waals surface area contributed by atoms with E-state index in [-0.39, 0.29) is 17.4 Å². The highest BCUT2D eigenvalue weighted by Gasteiger charge is 2.22. The van der Waals surface area contributed by atoms with Crippen LogP contribution in [-0.2, 0) is 24.4 Å². The van der Waals surface area contributed by atoms with Gasteiger partial charge in [0, 0.05) is 38.2 Å². The van der Waals surface area contributed by atoms with Crippen LogP contribution in [0.4, 0.5) is 5.82 Å². The molecular formula is C20H18N6O3. The number of hydrogen-bond acceptors (Lipinski definition) is 8. The molecular weight excluding hydrogens is 372 g/mol. The van der Waals surface area contributed by atoms with Crippen molar-refractivity contribution in [1.82, 2.24) is 25.3 Å². The van der Waals surface area contributed by atoms with E-state index < -0.39 is 5.97 Å². The van der Waals surface area contributed by atoms with Crippen molar-refractivity contribution < 1.29 is 14.3 Å². The molecule has 0 aliphatic carbocycles. The van der Waals surface area contributed by atoms with Gasteiger partial charge in [0.05, 0.1) is 13.3 Å². The summed E-state index contributed by atoms with van der Waals surface area (Å²) in [7, 11) is 1.30. The summed E-state index contributed by atoms with van der Waals surface area (Å²) in [4.78, 5) is 42.0. The molecule has 1 aliphatic rings. The first-order valence-corrected chi connectivity index (χ1v) is 8.95. The van der Waals surface area contributed by atoms with Gasteiger partial charge in [0.15, 0.2) is 0 Å². The predicted octanol–water partition coefficient (Wildman–Crippen LogP) is 1.50. The van der Waals surface area contributed by atoms with Gasteiger partial charge in [-0.25, -0.2) is 19.7 Å². The fraction of sp³-hybridized carbons (Fsp3) is 0.200. The van der Waals surface area contributed by atoms with Crippen molar-refractivity contribution >= 4 is 17.7 Å². The normalized spacial score (nSPS) is 12.4. The number of benzene rings is 1. The van der Waals surface area contributed by atoms with Gasteiger partial charge in [-0.2, -0.15) is 0 Å². The van der Waals surface area contributed by atoms with Gasteiger partial charge in [0.1, 0.15) is 11.5 Å². The molecule has 1 aliphatic heterocycles. The van der Waals surface area contributed by atoms with Gasteiger partial charge in [-0.1, -0.05) is 18.2 Å². The van der Waals surface area contributed by atoms with Crippen LogP contribution in [0.25, 0.3) is 0 Å². The van der Waals surface area contributed by atoms with E-state index in [1.165, 1.54) is 31.3 Å². The lowest BCUT2D eigenvalue weighted by Gasteiger charge is -2.16. The molecule has 4 rings (SSSR count). The fourth-order valence-corrected chi connectivity index (χ4v) is 3.12. The van der Waals surface area contributed by atoms with Crippen LogP contribution in [0.5, 0.6) is 0 Å². The average Bonchev–Trinajstić information content (AvgIpc) is 3.21. The molecule has 9 nitrogen and oxygen atoms in total. The Morgan fingerprint density at radius 2 is 1.97 bits per heavy atom. The minimum absolute atomic E-state index is 0.0355. The van der Waals surface area contributed by atoms with E-state index in [0.29, 0.717) is 25.5 Å². The highest BCUT2D eigenvalue weighted by atomic mass is 16.5. The van der Waals surface area contributed by atoms with Crippen molar-refractivity contribution in [3.63, 3.8) is 0 Å². The van der Waals surface area contributed by atoms with Gasteiger partial charge >= 0.3 is 5.97 Å². The first-order chi connectivity index (χ1) is 14.1. The molecule has 9 heteroatoms. The van der Waals surface area contributed by atoms with Crippen LogP contribution in [0.2, 0.25) is 0 Å². The summed E-state index contributed by atoms with van der Waals surface area (Å²) in [6, 6.07) is 7.86. The quantitative estimate of drug-likeness (QED) is 0.653. The topological polar surface area (TPSA) is 110 Å². The highest BCUT2D eigenvalue weighted by Crippen LogP contribution is 2.27. The number of methoxy groups -OCH3 is 1. The third-order valence-corrected chi connectivity index (χ3v) is 4.57. The molecule has 0 saturated carbocycles. The van der Waals surface area contributed by atoms with E-state index in [1.54, 1.807) is 12.3 Å². The van der Waals surface area contributed by atoms with Gasteiger partial charge in [-0.15, -0.1) is 0 Å². The molecule has 0 radical (unpaired) electrons. The molecule has 0 bridgehead atoms. The Balaban J connectivity index is 1.43. The van der Waals surface area contributed by atoms with Gasteiger partial charge < -0.3 is 15.0 Å². The molecule has 1 N–H and O–H groups in total. The minimum Gasteiger partial charge on any atom is -0.463 e. The number of amides is 1. The molecule has 0 spiro atoms. The summed E-state index contributed by atoms with van der Waals surface area (Å²) in [6.07, 6.45) is 5.98. The SMILES string of the molecule is COC(=O)c1nccc(N2Cc3ccc(CNC(=O)c4cnccn4)cc3C2)n1. The third-order valence-electron chi connectivity index (χ3n) is 4.57.